The minimum Gasteiger partial charge on any atom is -0.377 e. The van der Waals surface area contributed by atoms with Crippen LogP contribution in [-0.2, 0) is 4.74 Å². The number of morpholine rings is 1. The first-order chi connectivity index (χ1) is 8.61. The minimum absolute atomic E-state index is 0.281. The highest BCUT2D eigenvalue weighted by molar-refractivity contribution is 6.29. The lowest BCUT2D eigenvalue weighted by Gasteiger charge is -2.36. The van der Waals surface area contributed by atoms with Gasteiger partial charge in [0.05, 0.1) is 19.3 Å². The summed E-state index contributed by atoms with van der Waals surface area (Å²) in [4.78, 5) is 11.2. The molecule has 100 valence electrons. The van der Waals surface area contributed by atoms with E-state index in [-0.39, 0.29) is 5.92 Å². The molecule has 4 nitrogen and oxygen atoms in total. The molecule has 5 heteroatoms. The average Bonchev–Trinajstić information content (AvgIpc) is 2.38. The van der Waals surface area contributed by atoms with Crippen molar-refractivity contribution in [2.45, 2.75) is 39.2 Å². The number of ether oxygens (including phenoxy) is 1. The van der Waals surface area contributed by atoms with Crippen LogP contribution in [0.25, 0.3) is 0 Å². The maximum absolute atomic E-state index is 6.10. The predicted octanol–water partition coefficient (Wildman–Crippen LogP) is 2.87. The molecule has 1 atom stereocenters. The van der Waals surface area contributed by atoms with Crippen LogP contribution < -0.4 is 4.90 Å². The zero-order chi connectivity index (χ0) is 13.1. The fourth-order valence-corrected chi connectivity index (χ4v) is 2.31. The lowest BCUT2D eigenvalue weighted by Crippen LogP contribution is -2.45. The minimum atomic E-state index is 0.281. The van der Waals surface area contributed by atoms with E-state index in [4.69, 9.17) is 16.3 Å². The molecule has 0 radical (unpaired) electrons. The number of hydrogen-bond donors (Lipinski definition) is 0. The van der Waals surface area contributed by atoms with Crippen LogP contribution >= 0.6 is 11.6 Å². The van der Waals surface area contributed by atoms with Gasteiger partial charge in [0.25, 0.3) is 0 Å². The second kappa shape index (κ2) is 5.85. The van der Waals surface area contributed by atoms with Crippen LogP contribution in [0.15, 0.2) is 6.07 Å². The lowest BCUT2D eigenvalue weighted by molar-refractivity contribution is 0.0925. The van der Waals surface area contributed by atoms with Gasteiger partial charge in [-0.2, -0.15) is 0 Å². The third kappa shape index (κ3) is 2.93. The summed E-state index contributed by atoms with van der Waals surface area (Å²) < 4.78 is 5.51. The van der Waals surface area contributed by atoms with E-state index in [1.54, 1.807) is 0 Å². The molecule has 18 heavy (non-hydrogen) atoms. The summed E-state index contributed by atoms with van der Waals surface area (Å²) in [6, 6.07) is 2.23. The van der Waals surface area contributed by atoms with Crippen molar-refractivity contribution in [1.29, 1.82) is 0 Å². The van der Waals surface area contributed by atoms with Gasteiger partial charge in [-0.15, -0.1) is 0 Å². The summed E-state index contributed by atoms with van der Waals surface area (Å²) in [5, 5.41) is 0.519. The molecule has 1 unspecified atom stereocenters. The molecular formula is C13H20ClN3O. The third-order valence-corrected chi connectivity index (χ3v) is 3.40. The first-order valence-electron chi connectivity index (χ1n) is 6.50. The maximum atomic E-state index is 6.10. The standard InChI is InChI=1S/C13H20ClN3O/c1-4-10-8-18-6-5-17(10)12-7-11(14)15-13(16-12)9(2)3/h7,9-10H,4-6,8H2,1-3H3. The summed E-state index contributed by atoms with van der Waals surface area (Å²) in [5.74, 6) is 2.01. The first kappa shape index (κ1) is 13.6. The molecule has 2 heterocycles. The second-order valence-corrected chi connectivity index (χ2v) is 5.28. The van der Waals surface area contributed by atoms with Gasteiger partial charge < -0.3 is 9.64 Å². The molecule has 1 saturated heterocycles. The Bertz CT molecular complexity index is 411. The SMILES string of the molecule is CCC1COCCN1c1cc(Cl)nc(C(C)C)n1. The molecule has 0 aliphatic carbocycles. The molecule has 0 spiro atoms. The predicted molar refractivity (Wildman–Crippen MR) is 73.4 cm³/mol. The highest BCUT2D eigenvalue weighted by Gasteiger charge is 2.23. The van der Waals surface area contributed by atoms with Crippen molar-refractivity contribution in [3.63, 3.8) is 0 Å². The van der Waals surface area contributed by atoms with Crippen molar-refractivity contribution in [3.8, 4) is 0 Å². The van der Waals surface area contributed by atoms with Crippen molar-refractivity contribution in [1.82, 2.24) is 9.97 Å². The Balaban J connectivity index is 2.30. The molecule has 0 aromatic carbocycles. The van der Waals surface area contributed by atoms with Gasteiger partial charge in [0, 0.05) is 18.5 Å². The maximum Gasteiger partial charge on any atom is 0.135 e. The van der Waals surface area contributed by atoms with Crippen LogP contribution in [0, 0.1) is 0 Å². The molecule has 0 N–H and O–H groups in total. The van der Waals surface area contributed by atoms with Gasteiger partial charge in [0.15, 0.2) is 0 Å². The highest BCUT2D eigenvalue weighted by atomic mass is 35.5. The van der Waals surface area contributed by atoms with Gasteiger partial charge >= 0.3 is 0 Å². The van der Waals surface area contributed by atoms with Gasteiger partial charge in [-0.05, 0) is 6.42 Å². The van der Waals surface area contributed by atoms with E-state index in [0.29, 0.717) is 11.2 Å². The zero-order valence-electron chi connectivity index (χ0n) is 11.2. The summed E-state index contributed by atoms with van der Waals surface area (Å²) in [6.45, 7) is 8.68. The molecule has 1 fully saturated rings. The summed E-state index contributed by atoms with van der Waals surface area (Å²) >= 11 is 6.10. The number of anilines is 1. The molecule has 1 aromatic rings. The van der Waals surface area contributed by atoms with Crippen LogP contribution in [0.2, 0.25) is 5.15 Å². The molecule has 1 aliphatic rings. The van der Waals surface area contributed by atoms with Gasteiger partial charge in [0.1, 0.15) is 16.8 Å². The smallest absolute Gasteiger partial charge is 0.135 e. The molecule has 1 aromatic heterocycles. The molecule has 2 rings (SSSR count). The normalized spacial score (nSPS) is 20.5. The fourth-order valence-electron chi connectivity index (χ4n) is 2.12. The molecule has 0 saturated carbocycles. The topological polar surface area (TPSA) is 38.2 Å². The van der Waals surface area contributed by atoms with Crippen LogP contribution in [0.5, 0.6) is 0 Å². The number of halogens is 1. The number of hydrogen-bond acceptors (Lipinski definition) is 4. The summed E-state index contributed by atoms with van der Waals surface area (Å²) in [7, 11) is 0. The van der Waals surface area contributed by atoms with Gasteiger partial charge in [-0.3, -0.25) is 0 Å². The van der Waals surface area contributed by atoms with Crippen LogP contribution in [-0.4, -0.2) is 35.8 Å². The van der Waals surface area contributed by atoms with E-state index >= 15 is 0 Å². The second-order valence-electron chi connectivity index (χ2n) is 4.89. The molecule has 0 bridgehead atoms. The highest BCUT2D eigenvalue weighted by Crippen LogP contribution is 2.23. The first-order valence-corrected chi connectivity index (χ1v) is 6.88. The Morgan fingerprint density at radius 3 is 2.94 bits per heavy atom. The van der Waals surface area contributed by atoms with Crippen LogP contribution in [0.3, 0.4) is 0 Å². The van der Waals surface area contributed by atoms with E-state index in [1.165, 1.54) is 0 Å². The molecule has 1 aliphatic heterocycles. The fraction of sp³-hybridized carbons (Fsp3) is 0.692. The van der Waals surface area contributed by atoms with Gasteiger partial charge in [-0.1, -0.05) is 32.4 Å². The average molecular weight is 270 g/mol. The van der Waals surface area contributed by atoms with E-state index in [9.17, 15) is 0 Å². The Hall–Kier alpha value is -0.870. The van der Waals surface area contributed by atoms with Crippen LogP contribution in [0.4, 0.5) is 5.82 Å². The van der Waals surface area contributed by atoms with Crippen molar-refractivity contribution in [2.24, 2.45) is 0 Å². The van der Waals surface area contributed by atoms with E-state index in [0.717, 1.165) is 37.8 Å². The number of aromatic nitrogens is 2. The molecular weight excluding hydrogens is 250 g/mol. The summed E-state index contributed by atoms with van der Waals surface area (Å²) in [5.41, 5.74) is 0. The largest absolute Gasteiger partial charge is 0.377 e. The van der Waals surface area contributed by atoms with Crippen molar-refractivity contribution in [2.75, 3.05) is 24.7 Å². The van der Waals surface area contributed by atoms with Gasteiger partial charge in [0.2, 0.25) is 0 Å². The quantitative estimate of drug-likeness (QED) is 0.791. The molecule has 0 amide bonds. The van der Waals surface area contributed by atoms with E-state index < -0.39 is 0 Å². The van der Waals surface area contributed by atoms with Gasteiger partial charge in [-0.25, -0.2) is 9.97 Å². The zero-order valence-corrected chi connectivity index (χ0v) is 11.9. The van der Waals surface area contributed by atoms with Crippen molar-refractivity contribution >= 4 is 17.4 Å². The third-order valence-electron chi connectivity index (χ3n) is 3.21. The van der Waals surface area contributed by atoms with Crippen molar-refractivity contribution in [3.05, 3.63) is 17.0 Å². The monoisotopic (exact) mass is 269 g/mol. The van der Waals surface area contributed by atoms with E-state index in [2.05, 4.69) is 35.6 Å². The Kier molecular flexibility index (Phi) is 4.40. The number of rotatable bonds is 3. The Morgan fingerprint density at radius 1 is 1.50 bits per heavy atom. The number of nitrogens with zero attached hydrogens (tertiary/aromatic N) is 3. The Morgan fingerprint density at radius 2 is 2.28 bits per heavy atom. The van der Waals surface area contributed by atoms with Crippen molar-refractivity contribution < 1.29 is 4.74 Å². The van der Waals surface area contributed by atoms with E-state index in [1.807, 2.05) is 6.07 Å². The van der Waals surface area contributed by atoms with Crippen LogP contribution in [0.1, 0.15) is 38.9 Å². The summed E-state index contributed by atoms with van der Waals surface area (Å²) in [6.07, 6.45) is 1.04. The lowest BCUT2D eigenvalue weighted by atomic mass is 10.1. The Labute approximate surface area is 113 Å².